The largest absolute Gasteiger partial charge is 0.478 e. The number of amides is 1. The fourth-order valence-electron chi connectivity index (χ4n) is 3.14. The third-order valence-electron chi connectivity index (χ3n) is 3.89. The molecule has 0 aromatic rings. The van der Waals surface area contributed by atoms with Crippen LogP contribution in [0.2, 0.25) is 0 Å². The standard InChI is InChI=1S/C13H19NO3/c15-12(7-8-13(16)17)14-9-3-5-10-4-1-2-6-11(10)14/h7-8,10-11H,1-6,9H2,(H,16,17)/b8-7+/t10-,11-/m1/s1. The van der Waals surface area contributed by atoms with E-state index in [1.165, 1.54) is 31.8 Å². The van der Waals surface area contributed by atoms with Gasteiger partial charge < -0.3 is 10.0 Å². The van der Waals surface area contributed by atoms with Crippen molar-refractivity contribution in [2.24, 2.45) is 5.92 Å². The Morgan fingerprint density at radius 3 is 2.53 bits per heavy atom. The molecule has 1 amide bonds. The van der Waals surface area contributed by atoms with E-state index < -0.39 is 5.97 Å². The predicted octanol–water partition coefficient (Wildman–Crippen LogP) is 1.81. The Balaban J connectivity index is 2.03. The van der Waals surface area contributed by atoms with E-state index in [9.17, 15) is 9.59 Å². The molecular weight excluding hydrogens is 218 g/mol. The Morgan fingerprint density at radius 1 is 1.06 bits per heavy atom. The van der Waals surface area contributed by atoms with Gasteiger partial charge in [0, 0.05) is 24.7 Å². The van der Waals surface area contributed by atoms with Crippen molar-refractivity contribution in [3.05, 3.63) is 12.2 Å². The number of fused-ring (bicyclic) bond motifs is 1. The van der Waals surface area contributed by atoms with Crippen LogP contribution in [0.1, 0.15) is 38.5 Å². The Bertz CT molecular complexity index is 336. The van der Waals surface area contributed by atoms with Crippen molar-refractivity contribution in [2.45, 2.75) is 44.6 Å². The fraction of sp³-hybridized carbons (Fsp3) is 0.692. The van der Waals surface area contributed by atoms with Gasteiger partial charge in [-0.3, -0.25) is 4.79 Å². The molecule has 0 spiro atoms. The van der Waals surface area contributed by atoms with E-state index in [2.05, 4.69) is 0 Å². The molecule has 0 radical (unpaired) electrons. The minimum Gasteiger partial charge on any atom is -0.478 e. The smallest absolute Gasteiger partial charge is 0.328 e. The normalized spacial score (nSPS) is 29.1. The second-order valence-corrected chi connectivity index (χ2v) is 4.96. The highest BCUT2D eigenvalue weighted by atomic mass is 16.4. The average molecular weight is 237 g/mol. The van der Waals surface area contributed by atoms with Gasteiger partial charge in [-0.15, -0.1) is 0 Å². The van der Waals surface area contributed by atoms with Crippen LogP contribution in [0.25, 0.3) is 0 Å². The van der Waals surface area contributed by atoms with Gasteiger partial charge in [0.1, 0.15) is 0 Å². The quantitative estimate of drug-likeness (QED) is 0.745. The average Bonchev–Trinajstić information content (AvgIpc) is 2.35. The van der Waals surface area contributed by atoms with E-state index in [1.54, 1.807) is 0 Å². The molecule has 94 valence electrons. The van der Waals surface area contributed by atoms with E-state index >= 15 is 0 Å². The molecule has 1 N–H and O–H groups in total. The summed E-state index contributed by atoms with van der Waals surface area (Å²) in [4.78, 5) is 24.2. The summed E-state index contributed by atoms with van der Waals surface area (Å²) in [6.45, 7) is 0.782. The number of hydrogen-bond donors (Lipinski definition) is 1. The number of carbonyl (C=O) groups is 2. The molecule has 4 nitrogen and oxygen atoms in total. The van der Waals surface area contributed by atoms with Crippen LogP contribution < -0.4 is 0 Å². The predicted molar refractivity (Wildman–Crippen MR) is 63.5 cm³/mol. The van der Waals surface area contributed by atoms with Crippen molar-refractivity contribution < 1.29 is 14.7 Å². The number of likely N-dealkylation sites (tertiary alicyclic amines) is 1. The van der Waals surface area contributed by atoms with Gasteiger partial charge >= 0.3 is 5.97 Å². The second-order valence-electron chi connectivity index (χ2n) is 4.96. The summed E-state index contributed by atoms with van der Waals surface area (Å²) in [5, 5.41) is 8.54. The summed E-state index contributed by atoms with van der Waals surface area (Å²) >= 11 is 0. The van der Waals surface area contributed by atoms with Crippen molar-refractivity contribution in [1.29, 1.82) is 0 Å². The lowest BCUT2D eigenvalue weighted by Gasteiger charge is -2.43. The number of piperidine rings is 1. The molecule has 0 aromatic heterocycles. The molecule has 0 bridgehead atoms. The number of rotatable bonds is 2. The number of carboxylic acid groups (broad SMARTS) is 1. The van der Waals surface area contributed by atoms with E-state index in [0.717, 1.165) is 25.5 Å². The molecule has 1 heterocycles. The van der Waals surface area contributed by atoms with Crippen LogP contribution in [-0.2, 0) is 9.59 Å². The third-order valence-corrected chi connectivity index (χ3v) is 3.89. The lowest BCUT2D eigenvalue weighted by Crippen LogP contribution is -2.49. The summed E-state index contributed by atoms with van der Waals surface area (Å²) in [6.07, 6.45) is 9.16. The van der Waals surface area contributed by atoms with E-state index in [1.807, 2.05) is 4.90 Å². The zero-order valence-electron chi connectivity index (χ0n) is 9.97. The highest BCUT2D eigenvalue weighted by molar-refractivity contribution is 5.94. The van der Waals surface area contributed by atoms with E-state index in [4.69, 9.17) is 5.11 Å². The monoisotopic (exact) mass is 237 g/mol. The SMILES string of the molecule is O=C(O)/C=C/C(=O)N1CCC[C@H]2CCCC[C@H]21. The zero-order chi connectivity index (χ0) is 12.3. The number of carbonyl (C=O) groups excluding carboxylic acids is 1. The molecule has 1 saturated carbocycles. The molecule has 1 aliphatic carbocycles. The minimum absolute atomic E-state index is 0.135. The Kier molecular flexibility index (Phi) is 3.82. The van der Waals surface area contributed by atoms with Crippen LogP contribution in [0.5, 0.6) is 0 Å². The molecule has 2 aliphatic rings. The van der Waals surface area contributed by atoms with Crippen LogP contribution in [0.4, 0.5) is 0 Å². The Hall–Kier alpha value is -1.32. The highest BCUT2D eigenvalue weighted by Gasteiger charge is 2.34. The number of carboxylic acids is 1. The number of nitrogens with zero attached hydrogens (tertiary/aromatic N) is 1. The molecule has 1 saturated heterocycles. The summed E-state index contributed by atoms with van der Waals surface area (Å²) in [5.41, 5.74) is 0. The van der Waals surface area contributed by atoms with Crippen LogP contribution in [0.3, 0.4) is 0 Å². The second kappa shape index (κ2) is 5.34. The van der Waals surface area contributed by atoms with Gasteiger partial charge in [0.15, 0.2) is 0 Å². The molecule has 4 heteroatoms. The van der Waals surface area contributed by atoms with Gasteiger partial charge in [0.2, 0.25) is 5.91 Å². The lowest BCUT2D eigenvalue weighted by molar-refractivity contribution is -0.134. The summed E-state index contributed by atoms with van der Waals surface area (Å²) in [6, 6.07) is 0.350. The first kappa shape index (κ1) is 12.1. The van der Waals surface area contributed by atoms with Gasteiger partial charge in [-0.05, 0) is 31.6 Å². The molecule has 2 fully saturated rings. The first-order chi connectivity index (χ1) is 8.18. The fourth-order valence-corrected chi connectivity index (χ4v) is 3.14. The van der Waals surface area contributed by atoms with E-state index in [0.29, 0.717) is 12.0 Å². The number of aliphatic carboxylic acids is 1. The van der Waals surface area contributed by atoms with Crippen LogP contribution in [0.15, 0.2) is 12.2 Å². The summed E-state index contributed by atoms with van der Waals surface area (Å²) in [5.74, 6) is -0.556. The molecule has 1 aliphatic heterocycles. The van der Waals surface area contributed by atoms with Gasteiger partial charge in [-0.1, -0.05) is 12.8 Å². The minimum atomic E-state index is -1.06. The van der Waals surface area contributed by atoms with E-state index in [-0.39, 0.29) is 5.91 Å². The van der Waals surface area contributed by atoms with Crippen molar-refractivity contribution in [2.75, 3.05) is 6.54 Å². The summed E-state index contributed by atoms with van der Waals surface area (Å²) < 4.78 is 0. The molecule has 0 unspecified atom stereocenters. The van der Waals surface area contributed by atoms with Crippen LogP contribution >= 0.6 is 0 Å². The van der Waals surface area contributed by atoms with Gasteiger partial charge in [0.05, 0.1) is 0 Å². The zero-order valence-corrected chi connectivity index (χ0v) is 9.97. The Labute approximate surface area is 101 Å². The summed E-state index contributed by atoms with van der Waals surface area (Å²) in [7, 11) is 0. The maximum Gasteiger partial charge on any atom is 0.328 e. The first-order valence-electron chi connectivity index (χ1n) is 6.40. The van der Waals surface area contributed by atoms with Gasteiger partial charge in [-0.2, -0.15) is 0 Å². The maximum atomic E-state index is 11.9. The highest BCUT2D eigenvalue weighted by Crippen LogP contribution is 2.35. The number of hydrogen-bond acceptors (Lipinski definition) is 2. The van der Waals surface area contributed by atoms with Crippen molar-refractivity contribution >= 4 is 11.9 Å². The molecule has 2 rings (SSSR count). The maximum absolute atomic E-state index is 11.9. The van der Waals surface area contributed by atoms with Crippen molar-refractivity contribution in [3.63, 3.8) is 0 Å². The molecular formula is C13H19NO3. The third kappa shape index (κ3) is 2.87. The topological polar surface area (TPSA) is 57.6 Å². The molecule has 0 aromatic carbocycles. The van der Waals surface area contributed by atoms with Gasteiger partial charge in [0.25, 0.3) is 0 Å². The first-order valence-corrected chi connectivity index (χ1v) is 6.40. The van der Waals surface area contributed by atoms with Crippen LogP contribution in [-0.4, -0.2) is 34.5 Å². The Morgan fingerprint density at radius 2 is 1.76 bits per heavy atom. The van der Waals surface area contributed by atoms with Crippen molar-refractivity contribution in [3.8, 4) is 0 Å². The van der Waals surface area contributed by atoms with Gasteiger partial charge in [-0.25, -0.2) is 4.79 Å². The molecule has 2 atom stereocenters. The molecule has 17 heavy (non-hydrogen) atoms. The van der Waals surface area contributed by atoms with Crippen molar-refractivity contribution in [1.82, 2.24) is 4.90 Å². The van der Waals surface area contributed by atoms with Crippen LogP contribution in [0, 0.1) is 5.92 Å². The lowest BCUT2D eigenvalue weighted by atomic mass is 9.78.